The van der Waals surface area contributed by atoms with Crippen LogP contribution in [0.1, 0.15) is 32.1 Å². The third-order valence-electron chi connectivity index (χ3n) is 3.59. The van der Waals surface area contributed by atoms with Gasteiger partial charge in [0.05, 0.1) is 0 Å². The number of hydrogen-bond donors (Lipinski definition) is 1. The van der Waals surface area contributed by atoms with Gasteiger partial charge in [-0.3, -0.25) is 0 Å². The van der Waals surface area contributed by atoms with Gasteiger partial charge in [-0.15, -0.1) is 11.3 Å². The number of likely N-dealkylation sites (N-methyl/N-ethyl adjacent to an activating group) is 1. The van der Waals surface area contributed by atoms with Crippen molar-refractivity contribution in [2.75, 3.05) is 20.6 Å². The first-order chi connectivity index (χ1) is 8.75. The molecule has 1 rings (SSSR count). The van der Waals surface area contributed by atoms with Gasteiger partial charge in [-0.2, -0.15) is 4.31 Å². The maximum absolute atomic E-state index is 12.5. The van der Waals surface area contributed by atoms with E-state index in [-0.39, 0.29) is 5.54 Å². The van der Waals surface area contributed by atoms with Crippen molar-refractivity contribution >= 4 is 21.4 Å². The summed E-state index contributed by atoms with van der Waals surface area (Å²) in [5.41, 5.74) is -0.367. The van der Waals surface area contributed by atoms with Gasteiger partial charge < -0.3 is 5.32 Å². The molecular formula is C13H24N2O2S2. The van der Waals surface area contributed by atoms with Crippen molar-refractivity contribution in [1.29, 1.82) is 0 Å². The van der Waals surface area contributed by atoms with Gasteiger partial charge in [0.25, 0.3) is 10.0 Å². The van der Waals surface area contributed by atoms with Crippen molar-refractivity contribution in [2.24, 2.45) is 0 Å². The largest absolute Gasteiger partial charge is 0.319 e. The Balaban J connectivity index is 2.97. The second-order valence-corrected chi connectivity index (χ2v) is 8.58. The van der Waals surface area contributed by atoms with Crippen molar-refractivity contribution in [3.63, 3.8) is 0 Å². The average Bonchev–Trinajstić information content (AvgIpc) is 2.84. The van der Waals surface area contributed by atoms with Crippen LogP contribution < -0.4 is 5.32 Å². The summed E-state index contributed by atoms with van der Waals surface area (Å²) in [7, 11) is 0.169. The predicted octanol–water partition coefficient (Wildman–Crippen LogP) is 2.32. The highest BCUT2D eigenvalue weighted by Crippen LogP contribution is 2.29. The van der Waals surface area contributed by atoms with E-state index in [1.54, 1.807) is 13.1 Å². The van der Waals surface area contributed by atoms with Crippen molar-refractivity contribution < 1.29 is 8.42 Å². The normalized spacial score (nSPS) is 13.2. The molecule has 0 atom stereocenters. The Kier molecular flexibility index (Phi) is 5.55. The summed E-state index contributed by atoms with van der Waals surface area (Å²) in [6.45, 7) is 6.75. The van der Waals surface area contributed by atoms with Gasteiger partial charge in [-0.25, -0.2) is 8.42 Å². The number of rotatable bonds is 7. The first-order valence-corrected chi connectivity index (χ1v) is 8.73. The molecule has 0 saturated carbocycles. The monoisotopic (exact) mass is 304 g/mol. The fourth-order valence-electron chi connectivity index (χ4n) is 1.56. The zero-order chi connectivity index (χ0) is 14.7. The van der Waals surface area contributed by atoms with Crippen LogP contribution >= 0.6 is 11.3 Å². The topological polar surface area (TPSA) is 49.4 Å². The fraction of sp³-hybridized carbons (Fsp3) is 0.692. The number of nitrogens with zero attached hydrogens (tertiary/aromatic N) is 1. The molecule has 0 aromatic carbocycles. The Labute approximate surface area is 120 Å². The number of hydrogen-bond acceptors (Lipinski definition) is 4. The molecule has 1 heterocycles. The Bertz CT molecular complexity index is 506. The summed E-state index contributed by atoms with van der Waals surface area (Å²) in [6, 6.07) is 3.62. The Morgan fingerprint density at radius 3 is 2.53 bits per heavy atom. The predicted molar refractivity (Wildman–Crippen MR) is 81.3 cm³/mol. The van der Waals surface area contributed by atoms with E-state index < -0.39 is 10.0 Å². The molecule has 6 heteroatoms. The number of nitrogens with one attached hydrogen (secondary N) is 1. The van der Waals surface area contributed by atoms with Crippen molar-refractivity contribution in [3.05, 3.63) is 17.0 Å². The first-order valence-electron chi connectivity index (χ1n) is 6.48. The lowest BCUT2D eigenvalue weighted by atomic mass is 10.0. The van der Waals surface area contributed by atoms with E-state index in [9.17, 15) is 8.42 Å². The smallest absolute Gasteiger partial charge is 0.252 e. The van der Waals surface area contributed by atoms with E-state index in [0.717, 1.165) is 24.3 Å². The molecule has 1 aromatic rings. The molecule has 0 amide bonds. The highest BCUT2D eigenvalue weighted by Gasteiger charge is 2.33. The van der Waals surface area contributed by atoms with Crippen LogP contribution in [0.2, 0.25) is 0 Å². The highest BCUT2D eigenvalue weighted by atomic mass is 32.2. The van der Waals surface area contributed by atoms with E-state index >= 15 is 0 Å². The lowest BCUT2D eigenvalue weighted by molar-refractivity contribution is 0.257. The molecule has 0 unspecified atom stereocenters. The van der Waals surface area contributed by atoms with Crippen LogP contribution in [0.3, 0.4) is 0 Å². The minimum absolute atomic E-state index is 0.367. The zero-order valence-corrected chi connectivity index (χ0v) is 14.0. The maximum Gasteiger partial charge on any atom is 0.252 e. The molecule has 0 radical (unpaired) electrons. The van der Waals surface area contributed by atoms with Crippen molar-refractivity contribution in [2.45, 2.75) is 43.4 Å². The maximum atomic E-state index is 12.5. The van der Waals surface area contributed by atoms with Crippen LogP contribution in [0.5, 0.6) is 0 Å². The summed E-state index contributed by atoms with van der Waals surface area (Å²) in [5.74, 6) is 0. The summed E-state index contributed by atoms with van der Waals surface area (Å²) >= 11 is 1.37. The summed E-state index contributed by atoms with van der Waals surface area (Å²) in [4.78, 5) is 1.09. The molecule has 0 spiro atoms. The Morgan fingerprint density at radius 2 is 2.00 bits per heavy atom. The molecular weight excluding hydrogens is 280 g/mol. The molecule has 0 saturated heterocycles. The Morgan fingerprint density at radius 1 is 1.37 bits per heavy atom. The summed E-state index contributed by atoms with van der Waals surface area (Å²) < 4.78 is 27.0. The third kappa shape index (κ3) is 3.78. The van der Waals surface area contributed by atoms with E-state index in [0.29, 0.717) is 4.21 Å². The van der Waals surface area contributed by atoms with Crippen molar-refractivity contribution in [1.82, 2.24) is 9.62 Å². The molecule has 0 bridgehead atoms. The number of thiophene rings is 1. The quantitative estimate of drug-likeness (QED) is 0.841. The second kappa shape index (κ2) is 6.35. The molecule has 1 aromatic heterocycles. The van der Waals surface area contributed by atoms with Gasteiger partial charge >= 0.3 is 0 Å². The van der Waals surface area contributed by atoms with E-state index in [4.69, 9.17) is 0 Å². The minimum atomic E-state index is -3.38. The molecule has 110 valence electrons. The van der Waals surface area contributed by atoms with E-state index in [1.807, 2.05) is 33.9 Å². The average molecular weight is 304 g/mol. The standard InChI is InChI=1S/C13H24N2O2S2/c1-6-13(2,3)15(5)19(16,17)12-8-7-11(18-12)9-10-14-4/h7-8,14H,6,9-10H2,1-5H3. The van der Waals surface area contributed by atoms with Crippen molar-refractivity contribution in [3.8, 4) is 0 Å². The van der Waals surface area contributed by atoms with Crippen LogP contribution in [0.25, 0.3) is 0 Å². The molecule has 4 nitrogen and oxygen atoms in total. The van der Waals surface area contributed by atoms with Crippen LogP contribution in [-0.2, 0) is 16.4 Å². The van der Waals surface area contributed by atoms with Crippen LogP contribution in [0.15, 0.2) is 16.3 Å². The fourth-order valence-corrected chi connectivity index (χ4v) is 4.66. The highest BCUT2D eigenvalue weighted by molar-refractivity contribution is 7.91. The van der Waals surface area contributed by atoms with Crippen LogP contribution in [-0.4, -0.2) is 38.9 Å². The zero-order valence-electron chi connectivity index (χ0n) is 12.4. The SMILES string of the molecule is CCC(C)(C)N(C)S(=O)(=O)c1ccc(CCNC)s1. The molecule has 19 heavy (non-hydrogen) atoms. The number of sulfonamides is 1. The molecule has 0 aliphatic rings. The lowest BCUT2D eigenvalue weighted by Gasteiger charge is -2.33. The van der Waals surface area contributed by atoms with Gasteiger partial charge in [0, 0.05) is 17.5 Å². The molecule has 0 aliphatic heterocycles. The molecule has 0 fully saturated rings. The van der Waals surface area contributed by atoms with Gasteiger partial charge in [-0.1, -0.05) is 6.92 Å². The minimum Gasteiger partial charge on any atom is -0.319 e. The Hall–Kier alpha value is -0.430. The van der Waals surface area contributed by atoms with Crippen LogP contribution in [0, 0.1) is 0 Å². The van der Waals surface area contributed by atoms with Crippen LogP contribution in [0.4, 0.5) is 0 Å². The second-order valence-electron chi connectivity index (χ2n) is 5.21. The first kappa shape index (κ1) is 16.6. The van der Waals surface area contributed by atoms with Gasteiger partial charge in [0.2, 0.25) is 0 Å². The third-order valence-corrected chi connectivity index (χ3v) is 7.27. The van der Waals surface area contributed by atoms with Gasteiger partial charge in [0.15, 0.2) is 0 Å². The molecule has 0 aliphatic carbocycles. The molecule has 1 N–H and O–H groups in total. The summed E-state index contributed by atoms with van der Waals surface area (Å²) in [5, 5.41) is 3.07. The lowest BCUT2D eigenvalue weighted by Crippen LogP contribution is -2.44. The van der Waals surface area contributed by atoms with E-state index in [1.165, 1.54) is 15.6 Å². The van der Waals surface area contributed by atoms with Gasteiger partial charge in [-0.05, 0) is 52.4 Å². The summed E-state index contributed by atoms with van der Waals surface area (Å²) in [6.07, 6.45) is 1.64. The van der Waals surface area contributed by atoms with Gasteiger partial charge in [0.1, 0.15) is 4.21 Å². The van der Waals surface area contributed by atoms with E-state index in [2.05, 4.69) is 5.32 Å².